The van der Waals surface area contributed by atoms with Gasteiger partial charge in [-0.15, -0.1) is 11.3 Å². The fourth-order valence-corrected chi connectivity index (χ4v) is 3.26. The molecule has 0 bridgehead atoms. The zero-order valence-corrected chi connectivity index (χ0v) is 16.2. The SMILES string of the molecule is CCC(CC)OC(=O)NC(=O)c1ccsc1NC(=O)c1cnc2ccnn2c1. The molecule has 3 amide bonds. The topological polar surface area (TPSA) is 115 Å². The number of carbonyl (C=O) groups excluding carboxylic acids is 3. The molecule has 9 nitrogen and oxygen atoms in total. The number of ether oxygens (including phenoxy) is 1. The lowest BCUT2D eigenvalue weighted by Gasteiger charge is -2.14. The Balaban J connectivity index is 1.68. The molecule has 2 N–H and O–H groups in total. The van der Waals surface area contributed by atoms with Gasteiger partial charge in [0.2, 0.25) is 0 Å². The fraction of sp³-hybridized carbons (Fsp3) is 0.278. The zero-order valence-electron chi connectivity index (χ0n) is 15.3. The van der Waals surface area contributed by atoms with Gasteiger partial charge >= 0.3 is 6.09 Å². The number of hydrogen-bond acceptors (Lipinski definition) is 7. The summed E-state index contributed by atoms with van der Waals surface area (Å²) in [5.74, 6) is -1.09. The van der Waals surface area contributed by atoms with Crippen LogP contribution in [-0.2, 0) is 4.74 Å². The summed E-state index contributed by atoms with van der Waals surface area (Å²) in [5.41, 5.74) is 1.07. The van der Waals surface area contributed by atoms with Gasteiger partial charge in [0, 0.05) is 18.5 Å². The Bertz CT molecular complexity index is 1010. The van der Waals surface area contributed by atoms with Gasteiger partial charge in [0.1, 0.15) is 11.1 Å². The van der Waals surface area contributed by atoms with Gasteiger partial charge in [0.25, 0.3) is 11.8 Å². The van der Waals surface area contributed by atoms with Crippen LogP contribution in [-0.4, -0.2) is 38.6 Å². The summed E-state index contributed by atoms with van der Waals surface area (Å²) in [7, 11) is 0. The summed E-state index contributed by atoms with van der Waals surface area (Å²) >= 11 is 1.17. The number of imide groups is 1. The zero-order chi connectivity index (χ0) is 20.1. The average molecular weight is 401 g/mol. The maximum atomic E-state index is 12.5. The minimum absolute atomic E-state index is 0.174. The lowest BCUT2D eigenvalue weighted by Crippen LogP contribution is -2.34. The first-order valence-corrected chi connectivity index (χ1v) is 9.60. The summed E-state index contributed by atoms with van der Waals surface area (Å²) in [6.45, 7) is 3.79. The van der Waals surface area contributed by atoms with Crippen LogP contribution in [0.1, 0.15) is 47.4 Å². The number of aromatic nitrogens is 3. The van der Waals surface area contributed by atoms with E-state index < -0.39 is 17.9 Å². The van der Waals surface area contributed by atoms with E-state index >= 15 is 0 Å². The van der Waals surface area contributed by atoms with Gasteiger partial charge in [-0.3, -0.25) is 14.9 Å². The van der Waals surface area contributed by atoms with E-state index in [1.165, 1.54) is 34.3 Å². The number of anilines is 1. The van der Waals surface area contributed by atoms with E-state index in [9.17, 15) is 14.4 Å². The lowest BCUT2D eigenvalue weighted by molar-refractivity contribution is 0.0800. The van der Waals surface area contributed by atoms with Gasteiger partial charge in [0.05, 0.1) is 17.3 Å². The van der Waals surface area contributed by atoms with Crippen LogP contribution < -0.4 is 10.6 Å². The Morgan fingerprint density at radius 2 is 2.00 bits per heavy atom. The second kappa shape index (κ2) is 8.61. The van der Waals surface area contributed by atoms with Gasteiger partial charge in [-0.1, -0.05) is 13.8 Å². The first kappa shape index (κ1) is 19.5. The highest BCUT2D eigenvalue weighted by molar-refractivity contribution is 7.14. The lowest BCUT2D eigenvalue weighted by atomic mass is 10.2. The average Bonchev–Trinajstić information content (AvgIpc) is 3.34. The molecule has 0 aliphatic carbocycles. The number of thiophene rings is 1. The number of amides is 3. The molecule has 0 saturated heterocycles. The minimum atomic E-state index is -0.810. The van der Waals surface area contributed by atoms with Crippen LogP contribution in [0.3, 0.4) is 0 Å². The predicted molar refractivity (Wildman–Crippen MR) is 104 cm³/mol. The highest BCUT2D eigenvalue weighted by atomic mass is 32.1. The van der Waals surface area contributed by atoms with E-state index in [0.29, 0.717) is 23.5 Å². The van der Waals surface area contributed by atoms with Crippen molar-refractivity contribution in [3.63, 3.8) is 0 Å². The molecular formula is C18H19N5O4S. The van der Waals surface area contributed by atoms with Crippen LogP contribution in [0.2, 0.25) is 0 Å². The number of alkyl carbamates (subject to hydrolysis) is 1. The Morgan fingerprint density at radius 1 is 1.21 bits per heavy atom. The van der Waals surface area contributed by atoms with Crippen molar-refractivity contribution < 1.29 is 19.1 Å². The molecule has 10 heteroatoms. The van der Waals surface area contributed by atoms with Crippen molar-refractivity contribution in [1.29, 1.82) is 0 Å². The molecule has 3 aromatic rings. The molecule has 0 aromatic carbocycles. The second-order valence-corrected chi connectivity index (χ2v) is 6.81. The fourth-order valence-electron chi connectivity index (χ4n) is 2.48. The van der Waals surface area contributed by atoms with Gasteiger partial charge in [-0.25, -0.2) is 14.3 Å². The molecule has 146 valence electrons. The van der Waals surface area contributed by atoms with E-state index in [1.807, 2.05) is 13.8 Å². The summed E-state index contributed by atoms with van der Waals surface area (Å²) in [4.78, 5) is 40.9. The Kier molecular flexibility index (Phi) is 5.99. The molecule has 0 aliphatic rings. The maximum Gasteiger partial charge on any atom is 0.414 e. The van der Waals surface area contributed by atoms with Gasteiger partial charge < -0.3 is 10.1 Å². The molecule has 0 radical (unpaired) electrons. The number of hydrogen-bond donors (Lipinski definition) is 2. The van der Waals surface area contributed by atoms with Crippen molar-refractivity contribution in [1.82, 2.24) is 19.9 Å². The first-order chi connectivity index (χ1) is 13.5. The standard InChI is InChI=1S/C18H19N5O4S/c1-3-12(4-2)27-18(26)22-16(25)13-6-8-28-17(13)21-15(24)11-9-19-14-5-7-20-23(14)10-11/h5-10,12H,3-4H2,1-2H3,(H,21,24)(H,22,25,26). The van der Waals surface area contributed by atoms with Gasteiger partial charge in [0.15, 0.2) is 5.65 Å². The maximum absolute atomic E-state index is 12.5. The Labute approximate surface area is 164 Å². The third-order valence-corrected chi connectivity index (χ3v) is 4.88. The monoisotopic (exact) mass is 401 g/mol. The third-order valence-electron chi connectivity index (χ3n) is 4.05. The van der Waals surface area contributed by atoms with E-state index in [1.54, 1.807) is 17.6 Å². The molecule has 0 unspecified atom stereocenters. The third kappa shape index (κ3) is 4.34. The Hall–Kier alpha value is -3.27. The molecule has 0 aliphatic heterocycles. The summed E-state index contributed by atoms with van der Waals surface area (Å²) in [6.07, 6.45) is 4.80. The molecule has 28 heavy (non-hydrogen) atoms. The van der Waals surface area contributed by atoms with E-state index in [2.05, 4.69) is 20.7 Å². The molecule has 0 atom stereocenters. The first-order valence-electron chi connectivity index (χ1n) is 8.72. The normalized spacial score (nSPS) is 10.8. The van der Waals surface area contributed by atoms with Crippen molar-refractivity contribution in [3.8, 4) is 0 Å². The highest BCUT2D eigenvalue weighted by Crippen LogP contribution is 2.24. The number of nitrogens with zero attached hydrogens (tertiary/aromatic N) is 3. The molecule has 0 spiro atoms. The number of fused-ring (bicyclic) bond motifs is 1. The van der Waals surface area contributed by atoms with Crippen LogP contribution in [0.25, 0.3) is 5.65 Å². The van der Waals surface area contributed by atoms with Crippen molar-refractivity contribution >= 4 is 39.9 Å². The van der Waals surface area contributed by atoms with E-state index in [0.717, 1.165) is 0 Å². The molecule has 3 aromatic heterocycles. The van der Waals surface area contributed by atoms with E-state index in [4.69, 9.17) is 4.74 Å². The predicted octanol–water partition coefficient (Wildman–Crippen LogP) is 3.10. The molecule has 3 rings (SSSR count). The molecule has 0 fully saturated rings. The summed E-state index contributed by atoms with van der Waals surface area (Å²) < 4.78 is 6.65. The van der Waals surface area contributed by atoms with E-state index in [-0.39, 0.29) is 17.2 Å². The van der Waals surface area contributed by atoms with Crippen LogP contribution in [0.4, 0.5) is 9.80 Å². The molecule has 0 saturated carbocycles. The van der Waals surface area contributed by atoms with Crippen molar-refractivity contribution in [2.45, 2.75) is 32.8 Å². The van der Waals surface area contributed by atoms with Crippen molar-refractivity contribution in [2.24, 2.45) is 0 Å². The van der Waals surface area contributed by atoms with Crippen LogP contribution in [0, 0.1) is 0 Å². The largest absolute Gasteiger partial charge is 0.446 e. The summed E-state index contributed by atoms with van der Waals surface area (Å²) in [6, 6.07) is 3.24. The number of carbonyl (C=O) groups is 3. The quantitative estimate of drug-likeness (QED) is 0.656. The summed E-state index contributed by atoms with van der Waals surface area (Å²) in [5, 5.41) is 10.8. The van der Waals surface area contributed by atoms with Crippen LogP contribution in [0.5, 0.6) is 0 Å². The smallest absolute Gasteiger partial charge is 0.414 e. The molecular weight excluding hydrogens is 382 g/mol. The van der Waals surface area contributed by atoms with Gasteiger partial charge in [-0.2, -0.15) is 5.10 Å². The van der Waals surface area contributed by atoms with Crippen molar-refractivity contribution in [2.75, 3.05) is 5.32 Å². The highest BCUT2D eigenvalue weighted by Gasteiger charge is 2.20. The number of rotatable bonds is 6. The van der Waals surface area contributed by atoms with Crippen LogP contribution >= 0.6 is 11.3 Å². The van der Waals surface area contributed by atoms with Gasteiger partial charge in [-0.05, 0) is 24.3 Å². The minimum Gasteiger partial charge on any atom is -0.446 e. The number of nitrogens with one attached hydrogen (secondary N) is 2. The second-order valence-electron chi connectivity index (χ2n) is 5.89. The Morgan fingerprint density at radius 3 is 2.75 bits per heavy atom. The molecule has 3 heterocycles. The van der Waals surface area contributed by atoms with Crippen molar-refractivity contribution in [3.05, 3.63) is 47.2 Å². The van der Waals surface area contributed by atoms with Crippen LogP contribution in [0.15, 0.2) is 36.1 Å².